The standard InChI is InChI=1S/C12H15N/c1-2-6-11(7-3-1)10-13-12-8-4-5-9-12/h1-7,12-13H,8-10H2. The van der Waals surface area contributed by atoms with Crippen molar-refractivity contribution in [3.05, 3.63) is 48.0 Å². The quantitative estimate of drug-likeness (QED) is 0.692. The second-order valence-corrected chi connectivity index (χ2v) is 3.51. The predicted octanol–water partition coefficient (Wildman–Crippen LogP) is 2.49. The maximum absolute atomic E-state index is 3.54. The summed E-state index contributed by atoms with van der Waals surface area (Å²) in [6, 6.07) is 11.2. The van der Waals surface area contributed by atoms with E-state index in [0.29, 0.717) is 6.04 Å². The number of nitrogens with one attached hydrogen (secondary N) is 1. The minimum absolute atomic E-state index is 0.667. The van der Waals surface area contributed by atoms with Crippen LogP contribution in [0.4, 0.5) is 0 Å². The van der Waals surface area contributed by atoms with Crippen LogP contribution in [0.25, 0.3) is 0 Å². The number of hydrogen-bond donors (Lipinski definition) is 1. The Bertz CT molecular complexity index is 268. The van der Waals surface area contributed by atoms with Crippen LogP contribution in [-0.4, -0.2) is 6.04 Å². The molecule has 0 unspecified atom stereocenters. The highest BCUT2D eigenvalue weighted by atomic mass is 14.9. The second kappa shape index (κ2) is 4.24. The molecule has 1 aliphatic rings. The van der Waals surface area contributed by atoms with Gasteiger partial charge in [0.1, 0.15) is 0 Å². The van der Waals surface area contributed by atoms with Gasteiger partial charge in [-0.25, -0.2) is 0 Å². The zero-order valence-corrected chi connectivity index (χ0v) is 7.74. The minimum Gasteiger partial charge on any atom is -0.309 e. The Morgan fingerprint density at radius 2 is 1.77 bits per heavy atom. The largest absolute Gasteiger partial charge is 0.309 e. The van der Waals surface area contributed by atoms with Gasteiger partial charge in [-0.3, -0.25) is 0 Å². The monoisotopic (exact) mass is 173 g/mol. The van der Waals surface area contributed by atoms with Crippen LogP contribution >= 0.6 is 0 Å². The Hall–Kier alpha value is -1.08. The third kappa shape index (κ3) is 2.43. The molecule has 13 heavy (non-hydrogen) atoms. The summed E-state index contributed by atoms with van der Waals surface area (Å²) in [6.45, 7) is 0.993. The van der Waals surface area contributed by atoms with Crippen molar-refractivity contribution in [3.8, 4) is 0 Å². The van der Waals surface area contributed by atoms with Gasteiger partial charge >= 0.3 is 0 Å². The molecule has 1 N–H and O–H groups in total. The molecule has 68 valence electrons. The van der Waals surface area contributed by atoms with Gasteiger partial charge in [-0.2, -0.15) is 0 Å². The maximum Gasteiger partial charge on any atom is 0.0208 e. The zero-order chi connectivity index (χ0) is 8.93. The van der Waals surface area contributed by atoms with E-state index >= 15 is 0 Å². The summed E-state index contributed by atoms with van der Waals surface area (Å²) in [5.41, 5.74) is 1.37. The van der Waals surface area contributed by atoms with Gasteiger partial charge in [-0.15, -0.1) is 0 Å². The Labute approximate surface area is 79.5 Å². The van der Waals surface area contributed by atoms with Crippen LogP contribution in [0.2, 0.25) is 0 Å². The zero-order valence-electron chi connectivity index (χ0n) is 7.74. The molecule has 1 aromatic rings. The van der Waals surface area contributed by atoms with Crippen molar-refractivity contribution >= 4 is 0 Å². The molecule has 0 bridgehead atoms. The minimum atomic E-state index is 0.667. The molecular weight excluding hydrogens is 158 g/mol. The molecule has 0 aromatic heterocycles. The fourth-order valence-corrected chi connectivity index (χ4v) is 1.64. The van der Waals surface area contributed by atoms with Gasteiger partial charge in [0.2, 0.25) is 0 Å². The van der Waals surface area contributed by atoms with Crippen LogP contribution in [0.5, 0.6) is 0 Å². The highest BCUT2D eigenvalue weighted by Crippen LogP contribution is 2.10. The molecule has 1 aromatic carbocycles. The summed E-state index contributed by atoms with van der Waals surface area (Å²) in [4.78, 5) is 0. The molecule has 0 aliphatic heterocycles. The number of hydrogen-bond acceptors (Lipinski definition) is 1. The molecular formula is C12H15N. The molecule has 0 saturated carbocycles. The Balaban J connectivity index is 1.80. The van der Waals surface area contributed by atoms with Gasteiger partial charge in [0, 0.05) is 12.6 Å². The average molecular weight is 173 g/mol. The molecule has 0 saturated heterocycles. The van der Waals surface area contributed by atoms with Crippen LogP contribution < -0.4 is 5.32 Å². The molecule has 1 aliphatic carbocycles. The first kappa shape index (κ1) is 8.52. The van der Waals surface area contributed by atoms with Gasteiger partial charge in [0.05, 0.1) is 0 Å². The maximum atomic E-state index is 3.54. The van der Waals surface area contributed by atoms with Crippen LogP contribution in [0.3, 0.4) is 0 Å². The van der Waals surface area contributed by atoms with E-state index in [4.69, 9.17) is 0 Å². The van der Waals surface area contributed by atoms with E-state index < -0.39 is 0 Å². The fourth-order valence-electron chi connectivity index (χ4n) is 1.64. The first-order valence-electron chi connectivity index (χ1n) is 4.87. The average Bonchev–Trinajstić information content (AvgIpc) is 2.69. The molecule has 0 radical (unpaired) electrons. The summed E-state index contributed by atoms with van der Waals surface area (Å²) >= 11 is 0. The lowest BCUT2D eigenvalue weighted by Gasteiger charge is -2.11. The van der Waals surface area contributed by atoms with E-state index in [1.807, 2.05) is 0 Å². The predicted molar refractivity (Wildman–Crippen MR) is 55.4 cm³/mol. The van der Waals surface area contributed by atoms with Crippen LogP contribution in [0, 0.1) is 0 Å². The van der Waals surface area contributed by atoms with Crippen molar-refractivity contribution in [2.24, 2.45) is 0 Å². The van der Waals surface area contributed by atoms with Crippen LogP contribution in [0.15, 0.2) is 42.5 Å². The fraction of sp³-hybridized carbons (Fsp3) is 0.333. The summed E-state index contributed by atoms with van der Waals surface area (Å²) < 4.78 is 0. The topological polar surface area (TPSA) is 12.0 Å². The highest BCUT2D eigenvalue weighted by Gasteiger charge is 2.08. The van der Waals surface area contributed by atoms with Gasteiger partial charge in [0.25, 0.3) is 0 Å². The lowest BCUT2D eigenvalue weighted by atomic mass is 10.2. The normalized spacial score (nSPS) is 16.6. The molecule has 0 amide bonds. The van der Waals surface area contributed by atoms with Crippen LogP contribution in [0.1, 0.15) is 18.4 Å². The third-order valence-electron chi connectivity index (χ3n) is 2.45. The van der Waals surface area contributed by atoms with Crippen molar-refractivity contribution < 1.29 is 0 Å². The Kier molecular flexibility index (Phi) is 2.78. The van der Waals surface area contributed by atoms with Gasteiger partial charge in [-0.1, -0.05) is 42.5 Å². The lowest BCUT2D eigenvalue weighted by Crippen LogP contribution is -2.25. The van der Waals surface area contributed by atoms with Crippen molar-refractivity contribution in [2.45, 2.75) is 25.4 Å². The van der Waals surface area contributed by atoms with E-state index in [2.05, 4.69) is 47.8 Å². The second-order valence-electron chi connectivity index (χ2n) is 3.51. The van der Waals surface area contributed by atoms with Crippen molar-refractivity contribution in [2.75, 3.05) is 0 Å². The molecule has 1 nitrogen and oxygen atoms in total. The lowest BCUT2D eigenvalue weighted by molar-refractivity contribution is 0.538. The number of benzene rings is 1. The third-order valence-corrected chi connectivity index (χ3v) is 2.45. The Morgan fingerprint density at radius 3 is 2.46 bits per heavy atom. The van der Waals surface area contributed by atoms with Gasteiger partial charge in [0.15, 0.2) is 0 Å². The molecule has 0 heterocycles. The number of rotatable bonds is 3. The van der Waals surface area contributed by atoms with E-state index in [1.165, 1.54) is 18.4 Å². The summed E-state index contributed by atoms with van der Waals surface area (Å²) in [7, 11) is 0. The highest BCUT2D eigenvalue weighted by molar-refractivity contribution is 5.14. The smallest absolute Gasteiger partial charge is 0.0208 e. The molecule has 0 spiro atoms. The first-order valence-corrected chi connectivity index (χ1v) is 4.87. The van der Waals surface area contributed by atoms with Crippen molar-refractivity contribution in [1.82, 2.24) is 5.32 Å². The van der Waals surface area contributed by atoms with Gasteiger partial charge in [-0.05, 0) is 18.4 Å². The summed E-state index contributed by atoms with van der Waals surface area (Å²) in [5, 5.41) is 3.54. The SMILES string of the molecule is C1=CCC(NCc2ccccc2)C1. The molecule has 1 heteroatoms. The van der Waals surface area contributed by atoms with E-state index in [1.54, 1.807) is 0 Å². The summed E-state index contributed by atoms with van der Waals surface area (Å²) in [5.74, 6) is 0. The summed E-state index contributed by atoms with van der Waals surface area (Å²) in [6.07, 6.45) is 6.88. The first-order chi connectivity index (χ1) is 6.45. The molecule has 0 fully saturated rings. The van der Waals surface area contributed by atoms with Crippen molar-refractivity contribution in [1.29, 1.82) is 0 Å². The molecule has 0 atom stereocenters. The van der Waals surface area contributed by atoms with E-state index in [0.717, 1.165) is 6.54 Å². The van der Waals surface area contributed by atoms with Gasteiger partial charge < -0.3 is 5.32 Å². The van der Waals surface area contributed by atoms with E-state index in [9.17, 15) is 0 Å². The molecule has 2 rings (SSSR count). The Morgan fingerprint density at radius 1 is 1.08 bits per heavy atom. The van der Waals surface area contributed by atoms with Crippen LogP contribution in [-0.2, 0) is 6.54 Å². The van der Waals surface area contributed by atoms with Crippen molar-refractivity contribution in [3.63, 3.8) is 0 Å². The van der Waals surface area contributed by atoms with E-state index in [-0.39, 0.29) is 0 Å².